The first kappa shape index (κ1) is 10.0. The standard InChI is InChI=1S/C10H13O.Hg/c1-2-3-9-11-10-7-5-4-6-8-10;/h5-8H,2-3,9H2,1H3;/q;+1. The Bertz CT molecular complexity index is 218. The van der Waals surface area contributed by atoms with Crippen molar-refractivity contribution in [3.05, 3.63) is 24.3 Å². The summed E-state index contributed by atoms with van der Waals surface area (Å²) in [5.41, 5.74) is 0. The summed E-state index contributed by atoms with van der Waals surface area (Å²) in [6, 6.07) is 8.45. The second-order valence-corrected chi connectivity index (χ2v) is 6.02. The van der Waals surface area contributed by atoms with E-state index in [1.54, 1.807) is 0 Å². The van der Waals surface area contributed by atoms with Gasteiger partial charge in [0.05, 0.1) is 0 Å². The summed E-state index contributed by atoms with van der Waals surface area (Å²) in [7, 11) is 0. The van der Waals surface area contributed by atoms with Gasteiger partial charge in [0, 0.05) is 0 Å². The van der Waals surface area contributed by atoms with Crippen LogP contribution < -0.4 is 7.81 Å². The molecule has 0 aliphatic carbocycles. The minimum absolute atomic E-state index is 0.739. The van der Waals surface area contributed by atoms with Gasteiger partial charge >= 0.3 is 90.3 Å². The summed E-state index contributed by atoms with van der Waals surface area (Å²) in [6.07, 6.45) is 2.34. The fourth-order valence-corrected chi connectivity index (χ4v) is 1.84. The van der Waals surface area contributed by atoms with Crippen LogP contribution in [0.15, 0.2) is 24.3 Å². The first-order chi connectivity index (χ1) is 5.83. The van der Waals surface area contributed by atoms with Crippen LogP contribution in [0.1, 0.15) is 19.8 Å². The van der Waals surface area contributed by atoms with Crippen molar-refractivity contribution in [2.24, 2.45) is 0 Å². The Morgan fingerprint density at radius 3 is 2.50 bits per heavy atom. The van der Waals surface area contributed by atoms with E-state index in [4.69, 9.17) is 4.74 Å². The van der Waals surface area contributed by atoms with E-state index < -0.39 is 0 Å². The molecular weight excluding hydrogens is 337 g/mol. The zero-order valence-electron chi connectivity index (χ0n) is 7.55. The van der Waals surface area contributed by atoms with Crippen LogP contribution in [0.3, 0.4) is 0 Å². The SMILES string of the molecule is CCCCOc1cc[c]([Hg+])cc1. The molecule has 0 radical (unpaired) electrons. The molecule has 1 aromatic rings. The molecule has 0 aliphatic rings. The Balaban J connectivity index is 2.37. The monoisotopic (exact) mass is 351 g/mol. The van der Waals surface area contributed by atoms with Gasteiger partial charge in [-0.05, 0) is 0 Å². The number of rotatable bonds is 4. The van der Waals surface area contributed by atoms with Crippen molar-refractivity contribution in [3.63, 3.8) is 0 Å². The third kappa shape index (κ3) is 3.57. The zero-order valence-corrected chi connectivity index (χ0v) is 13.0. The normalized spacial score (nSPS) is 9.92. The molecule has 0 bridgehead atoms. The van der Waals surface area contributed by atoms with Gasteiger partial charge in [-0.15, -0.1) is 0 Å². The maximum atomic E-state index is 5.52. The molecule has 0 aromatic heterocycles. The molecule has 0 spiro atoms. The predicted molar refractivity (Wildman–Crippen MR) is 46.5 cm³/mol. The average molecular weight is 350 g/mol. The van der Waals surface area contributed by atoms with Crippen LogP contribution in [-0.2, 0) is 26.1 Å². The molecule has 0 amide bonds. The van der Waals surface area contributed by atoms with Crippen molar-refractivity contribution in [2.75, 3.05) is 6.61 Å². The van der Waals surface area contributed by atoms with Crippen molar-refractivity contribution in [1.82, 2.24) is 0 Å². The molecule has 1 nitrogen and oxygen atoms in total. The van der Waals surface area contributed by atoms with Gasteiger partial charge in [0.25, 0.3) is 0 Å². The maximum absolute atomic E-state index is 5.52. The first-order valence-electron chi connectivity index (χ1n) is 4.37. The van der Waals surface area contributed by atoms with Crippen molar-refractivity contribution < 1.29 is 30.9 Å². The van der Waals surface area contributed by atoms with Gasteiger partial charge in [0.2, 0.25) is 0 Å². The van der Waals surface area contributed by atoms with Gasteiger partial charge < -0.3 is 0 Å². The van der Waals surface area contributed by atoms with Gasteiger partial charge in [-0.2, -0.15) is 0 Å². The van der Waals surface area contributed by atoms with Crippen molar-refractivity contribution >= 4 is 3.07 Å². The predicted octanol–water partition coefficient (Wildman–Crippen LogP) is 2.04. The Kier molecular flexibility index (Phi) is 4.66. The molecule has 0 saturated carbocycles. The molecule has 0 N–H and O–H groups in total. The van der Waals surface area contributed by atoms with Crippen LogP contribution in [0.5, 0.6) is 5.75 Å². The van der Waals surface area contributed by atoms with E-state index in [1.807, 2.05) is 0 Å². The van der Waals surface area contributed by atoms with E-state index in [9.17, 15) is 0 Å². The number of benzene rings is 1. The van der Waals surface area contributed by atoms with Gasteiger partial charge in [-0.1, -0.05) is 0 Å². The second-order valence-electron chi connectivity index (χ2n) is 2.85. The van der Waals surface area contributed by atoms with Gasteiger partial charge in [0.1, 0.15) is 0 Å². The van der Waals surface area contributed by atoms with Gasteiger partial charge in [-0.25, -0.2) is 0 Å². The summed E-state index contributed by atoms with van der Waals surface area (Å²) >= 11 is 0.739. The minimum atomic E-state index is 0.739. The molecule has 0 heterocycles. The fraction of sp³-hybridized carbons (Fsp3) is 0.400. The summed E-state index contributed by atoms with van der Waals surface area (Å²) in [4.78, 5) is 0. The molecule has 0 saturated heterocycles. The molecule has 0 atom stereocenters. The van der Waals surface area contributed by atoms with Crippen LogP contribution in [0.4, 0.5) is 0 Å². The first-order valence-corrected chi connectivity index (χ1v) is 7.12. The molecule has 2 heteroatoms. The van der Waals surface area contributed by atoms with E-state index in [0.29, 0.717) is 0 Å². The van der Waals surface area contributed by atoms with Crippen LogP contribution in [0.25, 0.3) is 0 Å². The van der Waals surface area contributed by atoms with Crippen molar-refractivity contribution in [3.8, 4) is 5.75 Å². The zero-order chi connectivity index (χ0) is 8.81. The van der Waals surface area contributed by atoms with Gasteiger partial charge in [0.15, 0.2) is 0 Å². The van der Waals surface area contributed by atoms with Crippen LogP contribution in [0.2, 0.25) is 0 Å². The number of ether oxygens (including phenoxy) is 1. The molecule has 0 unspecified atom stereocenters. The molecule has 12 heavy (non-hydrogen) atoms. The van der Waals surface area contributed by atoms with Crippen LogP contribution >= 0.6 is 0 Å². The van der Waals surface area contributed by atoms with E-state index in [1.165, 1.54) is 9.49 Å². The summed E-state index contributed by atoms with van der Waals surface area (Å²) in [5.74, 6) is 1.01. The number of hydrogen-bond acceptors (Lipinski definition) is 1. The van der Waals surface area contributed by atoms with Crippen LogP contribution in [-0.4, -0.2) is 6.61 Å². The number of unbranched alkanes of at least 4 members (excludes halogenated alkanes) is 1. The molecule has 60 valence electrons. The fourth-order valence-electron chi connectivity index (χ4n) is 0.920. The molecule has 1 aromatic carbocycles. The van der Waals surface area contributed by atoms with Crippen molar-refractivity contribution in [2.45, 2.75) is 19.8 Å². The Morgan fingerprint density at radius 1 is 1.25 bits per heavy atom. The Labute approximate surface area is 90.1 Å². The van der Waals surface area contributed by atoms with Crippen LogP contribution in [0, 0.1) is 0 Å². The average Bonchev–Trinajstić information content (AvgIpc) is 2.09. The molecule has 1 rings (SSSR count). The third-order valence-electron chi connectivity index (χ3n) is 1.69. The topological polar surface area (TPSA) is 9.23 Å². The number of hydrogen-bond donors (Lipinski definition) is 0. The van der Waals surface area contributed by atoms with E-state index >= 15 is 0 Å². The molecule has 0 fully saturated rings. The molecular formula is C10H13HgO+. The quantitative estimate of drug-likeness (QED) is 0.597. The second kappa shape index (κ2) is 5.57. The Morgan fingerprint density at radius 2 is 1.92 bits per heavy atom. The van der Waals surface area contributed by atoms with E-state index in [-0.39, 0.29) is 0 Å². The summed E-state index contributed by atoms with van der Waals surface area (Å²) in [5, 5.41) is 0. The van der Waals surface area contributed by atoms with Crippen molar-refractivity contribution in [1.29, 1.82) is 0 Å². The molecule has 0 aliphatic heterocycles. The Hall–Kier alpha value is -0.0449. The third-order valence-corrected chi connectivity index (χ3v) is 3.52. The summed E-state index contributed by atoms with van der Waals surface area (Å²) in [6.45, 7) is 3.02. The van der Waals surface area contributed by atoms with Gasteiger partial charge in [-0.3, -0.25) is 0 Å². The van der Waals surface area contributed by atoms with E-state index in [0.717, 1.165) is 44.9 Å². The summed E-state index contributed by atoms with van der Waals surface area (Å²) < 4.78 is 6.99. The van der Waals surface area contributed by atoms with E-state index in [2.05, 4.69) is 31.2 Å².